The maximum absolute atomic E-state index is 11.7. The summed E-state index contributed by atoms with van der Waals surface area (Å²) in [5, 5.41) is 9.75. The van der Waals surface area contributed by atoms with E-state index in [2.05, 4.69) is 9.51 Å². The molecule has 1 unspecified atom stereocenters. The van der Waals surface area contributed by atoms with Crippen LogP contribution < -0.4 is 21.0 Å². The van der Waals surface area contributed by atoms with Gasteiger partial charge in [-0.2, -0.15) is 0 Å². The van der Waals surface area contributed by atoms with Crippen molar-refractivity contribution in [1.82, 2.24) is 9.55 Å². The number of hydrogen-bond donors (Lipinski definition) is 2. The number of nitrogens with one attached hydrogen (secondary N) is 1. The molecule has 1 aliphatic rings. The molecule has 2 N–H and O–H groups in total. The summed E-state index contributed by atoms with van der Waals surface area (Å²) in [4.78, 5) is 45.8. The molecule has 1 aliphatic heterocycles. The quantitative estimate of drug-likeness (QED) is 0.569. The first-order chi connectivity index (χ1) is 9.67. The van der Waals surface area contributed by atoms with Gasteiger partial charge in [-0.15, -0.1) is 0 Å². The zero-order valence-corrected chi connectivity index (χ0v) is 11.8. The average molecular weight is 320 g/mol. The lowest BCUT2D eigenvalue weighted by Gasteiger charge is -2.30. The van der Waals surface area contributed by atoms with Gasteiger partial charge in [-0.05, 0) is 6.92 Å². The van der Waals surface area contributed by atoms with Gasteiger partial charge in [-0.3, -0.25) is 14.3 Å². The Balaban J connectivity index is 2.14. The molecule has 0 spiro atoms. The smallest absolute Gasteiger partial charge is 0.330 e. The molecule has 0 bridgehead atoms. The van der Waals surface area contributed by atoms with Crippen LogP contribution in [0, 0.1) is 6.92 Å². The molecule has 2 heterocycles. The van der Waals surface area contributed by atoms with Crippen LogP contribution in [0.4, 0.5) is 0 Å². The van der Waals surface area contributed by atoms with Gasteiger partial charge in [0.25, 0.3) is 5.56 Å². The zero-order valence-electron chi connectivity index (χ0n) is 10.9. The molecule has 1 aromatic heterocycles. The SMILES string of the molecule is Cc1cn([C@H]2CC(O)[C@@H](COP(=O)([O-])[O-])O2)c(=O)[nH]c1=O. The summed E-state index contributed by atoms with van der Waals surface area (Å²) in [5.74, 6) is 0. The van der Waals surface area contributed by atoms with Gasteiger partial charge in [0.1, 0.15) is 12.3 Å². The van der Waals surface area contributed by atoms with Crippen molar-refractivity contribution in [3.05, 3.63) is 32.6 Å². The highest BCUT2D eigenvalue weighted by Crippen LogP contribution is 2.31. The molecule has 11 heteroatoms. The van der Waals surface area contributed by atoms with E-state index >= 15 is 0 Å². The Hall–Kier alpha value is -1.29. The summed E-state index contributed by atoms with van der Waals surface area (Å²) in [6, 6.07) is 0. The fourth-order valence-corrected chi connectivity index (χ4v) is 2.33. The summed E-state index contributed by atoms with van der Waals surface area (Å²) in [6.45, 7) is 0.852. The summed E-state index contributed by atoms with van der Waals surface area (Å²) < 4.78 is 20.8. The molecule has 0 amide bonds. The number of rotatable bonds is 4. The molecule has 21 heavy (non-hydrogen) atoms. The minimum Gasteiger partial charge on any atom is -0.790 e. The molecular weight excluding hydrogens is 307 g/mol. The van der Waals surface area contributed by atoms with Crippen molar-refractivity contribution < 1.29 is 28.7 Å². The first-order valence-electron chi connectivity index (χ1n) is 5.99. The molecule has 1 saturated heterocycles. The Morgan fingerprint density at radius 2 is 2.24 bits per heavy atom. The van der Waals surface area contributed by atoms with Crippen LogP contribution in [-0.4, -0.2) is 33.5 Å². The van der Waals surface area contributed by atoms with Crippen molar-refractivity contribution in [2.75, 3.05) is 6.61 Å². The Kier molecular flexibility index (Phi) is 4.47. The maximum Gasteiger partial charge on any atom is 0.330 e. The van der Waals surface area contributed by atoms with E-state index in [9.17, 15) is 29.0 Å². The fourth-order valence-electron chi connectivity index (χ4n) is 2.00. The number of aliphatic hydroxyl groups is 1. The summed E-state index contributed by atoms with van der Waals surface area (Å²) in [7, 11) is -5.17. The van der Waals surface area contributed by atoms with E-state index < -0.39 is 44.1 Å². The molecule has 1 aromatic rings. The minimum atomic E-state index is -5.17. The number of aromatic amines is 1. The minimum absolute atomic E-state index is 0.0125. The largest absolute Gasteiger partial charge is 0.790 e. The first kappa shape index (κ1) is 16.1. The van der Waals surface area contributed by atoms with Crippen LogP contribution in [0.25, 0.3) is 0 Å². The van der Waals surface area contributed by atoms with Crippen LogP contribution in [0.2, 0.25) is 0 Å². The van der Waals surface area contributed by atoms with Gasteiger partial charge in [0.15, 0.2) is 0 Å². The normalized spacial score (nSPS) is 26.2. The fraction of sp³-hybridized carbons (Fsp3) is 0.600. The number of nitrogens with zero attached hydrogens (tertiary/aromatic N) is 1. The summed E-state index contributed by atoms with van der Waals surface area (Å²) in [5.41, 5.74) is -0.980. The Morgan fingerprint density at radius 3 is 2.86 bits per heavy atom. The molecule has 118 valence electrons. The maximum atomic E-state index is 11.7. The van der Waals surface area contributed by atoms with Gasteiger partial charge < -0.3 is 28.7 Å². The lowest BCUT2D eigenvalue weighted by atomic mass is 10.2. The van der Waals surface area contributed by atoms with Crippen molar-refractivity contribution in [3.8, 4) is 0 Å². The van der Waals surface area contributed by atoms with Crippen LogP contribution in [0.3, 0.4) is 0 Å². The van der Waals surface area contributed by atoms with Crippen molar-refractivity contribution in [2.24, 2.45) is 0 Å². The molecule has 2 rings (SSSR count). The number of aryl methyl sites for hydroxylation is 1. The first-order valence-corrected chi connectivity index (χ1v) is 7.45. The average Bonchev–Trinajstić information content (AvgIpc) is 2.72. The molecule has 0 aliphatic carbocycles. The van der Waals surface area contributed by atoms with E-state index in [-0.39, 0.29) is 12.0 Å². The van der Waals surface area contributed by atoms with Gasteiger partial charge in [0.2, 0.25) is 0 Å². The van der Waals surface area contributed by atoms with Gasteiger partial charge in [0, 0.05) is 18.2 Å². The highest BCUT2D eigenvalue weighted by Gasteiger charge is 2.35. The summed E-state index contributed by atoms with van der Waals surface area (Å²) in [6.07, 6.45) is -1.81. The van der Waals surface area contributed by atoms with E-state index in [0.29, 0.717) is 0 Å². The molecule has 3 atom stereocenters. The van der Waals surface area contributed by atoms with Crippen molar-refractivity contribution in [2.45, 2.75) is 31.8 Å². The standard InChI is InChI=1S/C10H15N2O8P/c1-5-3-12(10(15)11-9(5)14)8-2-6(13)7(20-8)4-19-21(16,17)18/h3,6-8,13H,2,4H2,1H3,(H,11,14,15)(H2,16,17,18)/p-2/t6?,7-,8-/m1/s1. The Morgan fingerprint density at radius 1 is 1.57 bits per heavy atom. The number of phosphoric ester groups is 1. The lowest BCUT2D eigenvalue weighted by Crippen LogP contribution is -2.33. The third kappa shape index (κ3) is 3.88. The second-order valence-corrected chi connectivity index (χ2v) is 5.81. The Labute approximate surface area is 118 Å². The number of aromatic nitrogens is 2. The zero-order chi connectivity index (χ0) is 15.8. The summed E-state index contributed by atoms with van der Waals surface area (Å²) >= 11 is 0. The number of phosphoric acid groups is 1. The van der Waals surface area contributed by atoms with E-state index in [1.807, 2.05) is 0 Å². The van der Waals surface area contributed by atoms with Gasteiger partial charge in [-0.25, -0.2) is 4.79 Å². The van der Waals surface area contributed by atoms with Crippen molar-refractivity contribution >= 4 is 7.82 Å². The van der Waals surface area contributed by atoms with Gasteiger partial charge in [-0.1, -0.05) is 0 Å². The molecular formula is C10H13N2O8P-2. The van der Waals surface area contributed by atoms with Crippen LogP contribution in [0.15, 0.2) is 15.8 Å². The predicted molar refractivity (Wildman–Crippen MR) is 64.2 cm³/mol. The molecule has 0 aromatic carbocycles. The van der Waals surface area contributed by atoms with Gasteiger partial charge in [0.05, 0.1) is 20.5 Å². The highest BCUT2D eigenvalue weighted by molar-refractivity contribution is 7.43. The van der Waals surface area contributed by atoms with Crippen LogP contribution in [0.1, 0.15) is 18.2 Å². The van der Waals surface area contributed by atoms with Crippen LogP contribution in [-0.2, 0) is 13.8 Å². The number of H-pyrrole nitrogens is 1. The monoisotopic (exact) mass is 320 g/mol. The Bertz CT molecular complexity index is 676. The van der Waals surface area contributed by atoms with E-state index in [4.69, 9.17) is 4.74 Å². The molecule has 0 saturated carbocycles. The number of hydrogen-bond acceptors (Lipinski definition) is 8. The third-order valence-electron chi connectivity index (χ3n) is 3.06. The van der Waals surface area contributed by atoms with E-state index in [1.54, 1.807) is 0 Å². The van der Waals surface area contributed by atoms with E-state index in [0.717, 1.165) is 4.57 Å². The second kappa shape index (κ2) is 5.84. The van der Waals surface area contributed by atoms with E-state index in [1.165, 1.54) is 13.1 Å². The van der Waals surface area contributed by atoms with Gasteiger partial charge >= 0.3 is 5.69 Å². The number of aliphatic hydroxyl groups excluding tert-OH is 1. The third-order valence-corrected chi connectivity index (χ3v) is 3.52. The van der Waals surface area contributed by atoms with Crippen LogP contribution >= 0.6 is 7.82 Å². The highest BCUT2D eigenvalue weighted by atomic mass is 31.2. The molecule has 0 radical (unpaired) electrons. The number of ether oxygens (including phenoxy) is 1. The van der Waals surface area contributed by atoms with Crippen LogP contribution in [0.5, 0.6) is 0 Å². The topological polar surface area (TPSA) is 157 Å². The lowest BCUT2D eigenvalue weighted by molar-refractivity contribution is -0.343. The molecule has 10 nitrogen and oxygen atoms in total. The molecule has 1 fully saturated rings. The second-order valence-electron chi connectivity index (χ2n) is 4.65. The predicted octanol–water partition coefficient (Wildman–Crippen LogP) is -2.66. The van der Waals surface area contributed by atoms with Crippen molar-refractivity contribution in [3.63, 3.8) is 0 Å². The van der Waals surface area contributed by atoms with Crippen molar-refractivity contribution in [1.29, 1.82) is 0 Å².